The van der Waals surface area contributed by atoms with Crippen LogP contribution in [0.5, 0.6) is 0 Å². The molecule has 0 fully saturated rings. The van der Waals surface area contributed by atoms with Gasteiger partial charge in [0.1, 0.15) is 11.6 Å². The fraction of sp³-hybridized carbons (Fsp3) is 0.167. The van der Waals surface area contributed by atoms with Gasteiger partial charge in [-0.3, -0.25) is 14.9 Å². The number of hydrogen-bond donors (Lipinski definition) is 1. The van der Waals surface area contributed by atoms with Crippen molar-refractivity contribution in [1.29, 1.82) is 5.26 Å². The first-order valence-electron chi connectivity index (χ1n) is 7.89. The molecule has 1 heterocycles. The summed E-state index contributed by atoms with van der Waals surface area (Å²) in [6.45, 7) is 2.17. The van der Waals surface area contributed by atoms with Crippen molar-refractivity contribution in [2.24, 2.45) is 0 Å². The Morgan fingerprint density at radius 3 is 2.85 bits per heavy atom. The van der Waals surface area contributed by atoms with E-state index in [1.54, 1.807) is 18.3 Å². The van der Waals surface area contributed by atoms with Gasteiger partial charge in [-0.05, 0) is 25.1 Å². The van der Waals surface area contributed by atoms with Gasteiger partial charge in [-0.15, -0.1) is 0 Å². The number of nitro groups is 1. The second kappa shape index (κ2) is 7.03. The molecule has 3 rings (SSSR count). The molecule has 1 atom stereocenters. The van der Waals surface area contributed by atoms with Crippen molar-refractivity contribution in [1.82, 2.24) is 9.78 Å². The van der Waals surface area contributed by atoms with E-state index in [1.165, 1.54) is 22.9 Å². The minimum atomic E-state index is -0.593. The topological polar surface area (TPSA) is 114 Å². The summed E-state index contributed by atoms with van der Waals surface area (Å²) in [6, 6.07) is 13.1. The third-order valence-corrected chi connectivity index (χ3v) is 3.94. The number of nitro benzene ring substituents is 1. The molecule has 0 saturated heterocycles. The Kier molecular flexibility index (Phi) is 4.62. The number of nitrogens with zero attached hydrogens (tertiary/aromatic N) is 4. The summed E-state index contributed by atoms with van der Waals surface area (Å²) >= 11 is 0. The molecule has 1 N–H and O–H groups in total. The normalized spacial score (nSPS) is 11.7. The summed E-state index contributed by atoms with van der Waals surface area (Å²) in [5.41, 5.74) is 0.123. The lowest BCUT2D eigenvalue weighted by Gasteiger charge is -2.16. The highest BCUT2D eigenvalue weighted by molar-refractivity contribution is 5.80. The van der Waals surface area contributed by atoms with Crippen LogP contribution in [0.1, 0.15) is 12.5 Å². The molecule has 0 aliphatic rings. The van der Waals surface area contributed by atoms with Crippen molar-refractivity contribution in [3.63, 3.8) is 0 Å². The molecule has 0 bridgehead atoms. The molecule has 0 radical (unpaired) electrons. The van der Waals surface area contributed by atoms with Gasteiger partial charge < -0.3 is 5.32 Å². The Hall–Kier alpha value is -3.73. The van der Waals surface area contributed by atoms with Crippen molar-refractivity contribution in [3.05, 3.63) is 74.7 Å². The van der Waals surface area contributed by atoms with Crippen molar-refractivity contribution in [2.45, 2.75) is 19.5 Å². The van der Waals surface area contributed by atoms with Gasteiger partial charge in [-0.25, -0.2) is 4.68 Å². The Labute approximate surface area is 148 Å². The molecule has 26 heavy (non-hydrogen) atoms. The molecule has 0 aliphatic heterocycles. The number of anilines is 1. The van der Waals surface area contributed by atoms with E-state index in [9.17, 15) is 14.9 Å². The van der Waals surface area contributed by atoms with Gasteiger partial charge in [0.25, 0.3) is 11.2 Å². The van der Waals surface area contributed by atoms with Crippen LogP contribution in [0.4, 0.5) is 11.4 Å². The molecule has 0 saturated carbocycles. The van der Waals surface area contributed by atoms with Gasteiger partial charge in [0.05, 0.1) is 23.1 Å². The average Bonchev–Trinajstić information content (AvgIpc) is 2.64. The number of aromatic nitrogens is 2. The van der Waals surface area contributed by atoms with Gasteiger partial charge in [0.15, 0.2) is 0 Å². The summed E-state index contributed by atoms with van der Waals surface area (Å²) in [5.74, 6) is 0. The van der Waals surface area contributed by atoms with Crippen molar-refractivity contribution < 1.29 is 4.92 Å². The first-order valence-corrected chi connectivity index (χ1v) is 7.89. The molecule has 0 unspecified atom stereocenters. The number of fused-ring (bicyclic) bond motifs is 1. The van der Waals surface area contributed by atoms with Crippen LogP contribution in [0.3, 0.4) is 0 Å². The van der Waals surface area contributed by atoms with Crippen LogP contribution in [0.2, 0.25) is 0 Å². The standard InChI is InChI=1S/C18H15N5O3/c1-12(21-15-6-7-17(23(25)26)14(8-15)9-19)11-22-18(24)16-5-3-2-4-13(16)10-20-22/h2-8,10,12,21H,11H2,1H3/t12-/m0/s1. The Balaban J connectivity index is 1.80. The molecular formula is C18H15N5O3. The molecule has 8 heteroatoms. The molecule has 1 aromatic heterocycles. The van der Waals surface area contributed by atoms with E-state index in [-0.39, 0.29) is 22.9 Å². The van der Waals surface area contributed by atoms with Gasteiger partial charge in [-0.2, -0.15) is 10.4 Å². The lowest BCUT2D eigenvalue weighted by atomic mass is 10.1. The van der Waals surface area contributed by atoms with E-state index in [0.29, 0.717) is 17.6 Å². The summed E-state index contributed by atoms with van der Waals surface area (Å²) in [4.78, 5) is 22.8. The van der Waals surface area contributed by atoms with Gasteiger partial charge in [-0.1, -0.05) is 18.2 Å². The van der Waals surface area contributed by atoms with E-state index in [2.05, 4.69) is 10.4 Å². The predicted molar refractivity (Wildman–Crippen MR) is 96.9 cm³/mol. The number of nitrogens with one attached hydrogen (secondary N) is 1. The van der Waals surface area contributed by atoms with Crippen LogP contribution in [0.25, 0.3) is 10.8 Å². The lowest BCUT2D eigenvalue weighted by molar-refractivity contribution is -0.385. The predicted octanol–water partition coefficient (Wildman–Crippen LogP) is 2.68. The van der Waals surface area contributed by atoms with E-state index in [0.717, 1.165) is 5.39 Å². The maximum absolute atomic E-state index is 12.5. The SMILES string of the molecule is C[C@@H](Cn1ncc2ccccc2c1=O)Nc1ccc([N+](=O)[O-])c(C#N)c1. The molecule has 2 aromatic carbocycles. The van der Waals surface area contributed by atoms with Crippen LogP contribution in [-0.4, -0.2) is 20.7 Å². The summed E-state index contributed by atoms with van der Waals surface area (Å²) in [7, 11) is 0. The first kappa shape index (κ1) is 17.1. The van der Waals surface area contributed by atoms with Gasteiger partial charge >= 0.3 is 0 Å². The van der Waals surface area contributed by atoms with Crippen molar-refractivity contribution in [2.75, 3.05) is 5.32 Å². The highest BCUT2D eigenvalue weighted by Crippen LogP contribution is 2.22. The van der Waals surface area contributed by atoms with Crippen LogP contribution in [-0.2, 0) is 6.54 Å². The van der Waals surface area contributed by atoms with E-state index in [4.69, 9.17) is 5.26 Å². The number of hydrogen-bond acceptors (Lipinski definition) is 6. The highest BCUT2D eigenvalue weighted by Gasteiger charge is 2.15. The Bertz CT molecular complexity index is 1080. The first-order chi connectivity index (χ1) is 12.5. The monoisotopic (exact) mass is 349 g/mol. The van der Waals surface area contributed by atoms with E-state index in [1.807, 2.05) is 25.1 Å². The maximum atomic E-state index is 12.5. The van der Waals surface area contributed by atoms with Crippen molar-refractivity contribution >= 4 is 22.1 Å². The van der Waals surface area contributed by atoms with E-state index >= 15 is 0 Å². The minimum absolute atomic E-state index is 0.0202. The van der Waals surface area contributed by atoms with Crippen LogP contribution in [0, 0.1) is 21.4 Å². The summed E-state index contributed by atoms with van der Waals surface area (Å²) < 4.78 is 1.37. The van der Waals surface area contributed by atoms with Gasteiger partial charge in [0, 0.05) is 23.2 Å². The largest absolute Gasteiger partial charge is 0.381 e. The molecule has 3 aromatic rings. The lowest BCUT2D eigenvalue weighted by Crippen LogP contribution is -2.31. The molecule has 130 valence electrons. The number of nitriles is 1. The fourth-order valence-electron chi connectivity index (χ4n) is 2.72. The Morgan fingerprint density at radius 2 is 2.12 bits per heavy atom. The Morgan fingerprint density at radius 1 is 1.35 bits per heavy atom. The second-order valence-corrected chi connectivity index (χ2v) is 5.87. The minimum Gasteiger partial charge on any atom is -0.381 e. The summed E-state index contributed by atoms with van der Waals surface area (Å²) in [5, 5.41) is 28.6. The van der Waals surface area contributed by atoms with Crippen LogP contribution in [0.15, 0.2) is 53.5 Å². The zero-order chi connectivity index (χ0) is 18.7. The zero-order valence-electron chi connectivity index (χ0n) is 13.9. The van der Waals surface area contributed by atoms with Crippen LogP contribution >= 0.6 is 0 Å². The molecule has 0 amide bonds. The second-order valence-electron chi connectivity index (χ2n) is 5.87. The van der Waals surface area contributed by atoms with Crippen molar-refractivity contribution in [3.8, 4) is 6.07 Å². The maximum Gasteiger partial charge on any atom is 0.287 e. The fourth-order valence-corrected chi connectivity index (χ4v) is 2.72. The smallest absolute Gasteiger partial charge is 0.287 e. The molecule has 0 aliphatic carbocycles. The van der Waals surface area contributed by atoms with E-state index < -0.39 is 4.92 Å². The highest BCUT2D eigenvalue weighted by atomic mass is 16.6. The quantitative estimate of drug-likeness (QED) is 0.559. The third-order valence-electron chi connectivity index (χ3n) is 3.94. The molecular weight excluding hydrogens is 334 g/mol. The third kappa shape index (κ3) is 3.37. The number of benzene rings is 2. The summed E-state index contributed by atoms with van der Waals surface area (Å²) in [6.07, 6.45) is 1.64. The average molecular weight is 349 g/mol. The van der Waals surface area contributed by atoms with Crippen LogP contribution < -0.4 is 10.9 Å². The van der Waals surface area contributed by atoms with Gasteiger partial charge in [0.2, 0.25) is 0 Å². The number of rotatable bonds is 5. The zero-order valence-corrected chi connectivity index (χ0v) is 13.9. The molecule has 8 nitrogen and oxygen atoms in total. The molecule has 0 spiro atoms.